The standard InChI is InChI=1S/C19H17FN2O2S/c1-3-10-22-16-9-6-14(20)12-17(16)25-19(22)21-18(23)11-13-4-7-15(24-2)8-5-13/h3-9,12H,1,10-11H2,2H3. The van der Waals surface area contributed by atoms with Gasteiger partial charge in [-0.1, -0.05) is 29.5 Å². The summed E-state index contributed by atoms with van der Waals surface area (Å²) < 4.78 is 21.2. The van der Waals surface area contributed by atoms with E-state index >= 15 is 0 Å². The minimum absolute atomic E-state index is 0.195. The molecule has 4 nitrogen and oxygen atoms in total. The van der Waals surface area contributed by atoms with Crippen LogP contribution in [0.3, 0.4) is 0 Å². The Balaban J connectivity index is 1.94. The largest absolute Gasteiger partial charge is 0.497 e. The van der Waals surface area contributed by atoms with Crippen LogP contribution in [0.4, 0.5) is 4.39 Å². The molecule has 0 saturated heterocycles. The molecule has 2 aromatic carbocycles. The molecule has 128 valence electrons. The Bertz CT molecular complexity index is 987. The van der Waals surface area contributed by atoms with Crippen LogP contribution in [0.2, 0.25) is 0 Å². The zero-order valence-electron chi connectivity index (χ0n) is 13.7. The average molecular weight is 356 g/mol. The number of carbonyl (C=O) groups is 1. The second-order valence-corrected chi connectivity index (χ2v) is 6.44. The van der Waals surface area contributed by atoms with Crippen molar-refractivity contribution in [2.24, 2.45) is 4.99 Å². The number of thiazole rings is 1. The number of rotatable bonds is 5. The third-order valence-electron chi connectivity index (χ3n) is 3.69. The summed E-state index contributed by atoms with van der Waals surface area (Å²) >= 11 is 1.29. The van der Waals surface area contributed by atoms with Gasteiger partial charge < -0.3 is 9.30 Å². The second kappa shape index (κ2) is 7.44. The molecule has 3 aromatic rings. The number of halogens is 1. The van der Waals surface area contributed by atoms with Gasteiger partial charge in [-0.05, 0) is 35.9 Å². The minimum atomic E-state index is -0.310. The van der Waals surface area contributed by atoms with E-state index in [2.05, 4.69) is 11.6 Å². The molecule has 0 fully saturated rings. The summed E-state index contributed by atoms with van der Waals surface area (Å²) in [5, 5.41) is 0. The smallest absolute Gasteiger partial charge is 0.252 e. The first kappa shape index (κ1) is 17.1. The topological polar surface area (TPSA) is 43.6 Å². The molecule has 0 aliphatic rings. The number of nitrogens with zero attached hydrogens (tertiary/aromatic N) is 2. The van der Waals surface area contributed by atoms with Crippen molar-refractivity contribution in [2.45, 2.75) is 13.0 Å². The van der Waals surface area contributed by atoms with Gasteiger partial charge in [0, 0.05) is 6.54 Å². The van der Waals surface area contributed by atoms with Gasteiger partial charge in [0.1, 0.15) is 11.6 Å². The van der Waals surface area contributed by atoms with E-state index in [4.69, 9.17) is 4.74 Å². The number of benzene rings is 2. The number of amides is 1. The van der Waals surface area contributed by atoms with Crippen molar-refractivity contribution in [3.8, 4) is 5.75 Å². The van der Waals surface area contributed by atoms with Crippen LogP contribution in [-0.4, -0.2) is 17.6 Å². The zero-order chi connectivity index (χ0) is 17.8. The molecule has 1 amide bonds. The molecule has 0 unspecified atom stereocenters. The number of aromatic nitrogens is 1. The minimum Gasteiger partial charge on any atom is -0.497 e. The predicted octanol–water partition coefficient (Wildman–Crippen LogP) is 3.71. The molecule has 0 atom stereocenters. The Labute approximate surface area is 148 Å². The van der Waals surface area contributed by atoms with E-state index in [0.29, 0.717) is 11.3 Å². The van der Waals surface area contributed by atoms with Crippen LogP contribution in [0.5, 0.6) is 5.75 Å². The highest BCUT2D eigenvalue weighted by Gasteiger charge is 2.09. The molecule has 0 N–H and O–H groups in total. The Kier molecular flexibility index (Phi) is 5.09. The van der Waals surface area contributed by atoms with Crippen LogP contribution in [0.1, 0.15) is 5.56 Å². The number of fused-ring (bicyclic) bond motifs is 1. The molecule has 0 spiro atoms. The quantitative estimate of drug-likeness (QED) is 0.654. The molecule has 0 radical (unpaired) electrons. The summed E-state index contributed by atoms with van der Waals surface area (Å²) in [7, 11) is 1.60. The number of ether oxygens (including phenoxy) is 1. The maximum Gasteiger partial charge on any atom is 0.252 e. The van der Waals surface area contributed by atoms with Crippen molar-refractivity contribution in [1.82, 2.24) is 4.57 Å². The maximum absolute atomic E-state index is 13.4. The molecule has 1 heterocycles. The Morgan fingerprint density at radius 1 is 1.32 bits per heavy atom. The predicted molar refractivity (Wildman–Crippen MR) is 97.2 cm³/mol. The van der Waals surface area contributed by atoms with E-state index in [1.165, 1.54) is 23.5 Å². The fraction of sp³-hybridized carbons (Fsp3) is 0.158. The van der Waals surface area contributed by atoms with Gasteiger partial charge in [0.25, 0.3) is 5.91 Å². The monoisotopic (exact) mass is 356 g/mol. The fourth-order valence-corrected chi connectivity index (χ4v) is 3.58. The highest BCUT2D eigenvalue weighted by atomic mass is 32.1. The van der Waals surface area contributed by atoms with Gasteiger partial charge >= 0.3 is 0 Å². The van der Waals surface area contributed by atoms with Gasteiger partial charge in [-0.25, -0.2) is 4.39 Å². The van der Waals surface area contributed by atoms with Crippen LogP contribution in [0.25, 0.3) is 10.2 Å². The number of hydrogen-bond acceptors (Lipinski definition) is 3. The molecule has 0 bridgehead atoms. The van der Waals surface area contributed by atoms with Gasteiger partial charge in [-0.15, -0.1) is 6.58 Å². The summed E-state index contributed by atoms with van der Waals surface area (Å²) in [4.78, 5) is 17.1. The van der Waals surface area contributed by atoms with Gasteiger partial charge in [0.05, 0.1) is 23.7 Å². The fourth-order valence-electron chi connectivity index (χ4n) is 2.50. The molecular formula is C19H17FN2O2S. The molecule has 3 rings (SSSR count). The second-order valence-electron chi connectivity index (χ2n) is 5.43. The summed E-state index contributed by atoms with van der Waals surface area (Å²) in [5.74, 6) is 0.175. The first-order valence-electron chi connectivity index (χ1n) is 7.71. The Morgan fingerprint density at radius 3 is 2.76 bits per heavy atom. The van der Waals surface area contributed by atoms with Gasteiger partial charge in [-0.3, -0.25) is 4.79 Å². The van der Waals surface area contributed by atoms with E-state index in [9.17, 15) is 9.18 Å². The van der Waals surface area contributed by atoms with Crippen molar-refractivity contribution in [1.29, 1.82) is 0 Å². The van der Waals surface area contributed by atoms with Crippen LogP contribution >= 0.6 is 11.3 Å². The van der Waals surface area contributed by atoms with Gasteiger partial charge in [0.15, 0.2) is 4.80 Å². The molecule has 6 heteroatoms. The lowest BCUT2D eigenvalue weighted by molar-refractivity contribution is -0.117. The first-order valence-corrected chi connectivity index (χ1v) is 8.52. The third-order valence-corrected chi connectivity index (χ3v) is 4.73. The van der Waals surface area contributed by atoms with Crippen molar-refractivity contribution in [3.05, 3.63) is 71.3 Å². The first-order chi connectivity index (χ1) is 12.1. The van der Waals surface area contributed by atoms with Crippen molar-refractivity contribution in [2.75, 3.05) is 7.11 Å². The van der Waals surface area contributed by atoms with Crippen LogP contribution in [0.15, 0.2) is 60.1 Å². The zero-order valence-corrected chi connectivity index (χ0v) is 14.6. The number of carbonyl (C=O) groups excluding carboxylic acids is 1. The van der Waals surface area contributed by atoms with E-state index in [0.717, 1.165) is 21.5 Å². The van der Waals surface area contributed by atoms with E-state index in [-0.39, 0.29) is 18.1 Å². The van der Waals surface area contributed by atoms with Gasteiger partial charge in [-0.2, -0.15) is 4.99 Å². The van der Waals surface area contributed by atoms with E-state index < -0.39 is 0 Å². The number of methoxy groups -OCH3 is 1. The Morgan fingerprint density at radius 2 is 2.08 bits per heavy atom. The lowest BCUT2D eigenvalue weighted by Crippen LogP contribution is -2.16. The molecule has 25 heavy (non-hydrogen) atoms. The normalized spacial score (nSPS) is 11.7. The average Bonchev–Trinajstić information content (AvgIpc) is 2.92. The highest BCUT2D eigenvalue weighted by molar-refractivity contribution is 7.16. The van der Waals surface area contributed by atoms with Crippen LogP contribution in [0, 0.1) is 5.82 Å². The van der Waals surface area contributed by atoms with E-state index in [1.54, 1.807) is 19.3 Å². The Hall–Kier alpha value is -2.73. The van der Waals surface area contributed by atoms with Crippen molar-refractivity contribution in [3.63, 3.8) is 0 Å². The molecule has 0 aliphatic carbocycles. The van der Waals surface area contributed by atoms with Crippen molar-refractivity contribution >= 4 is 27.5 Å². The SMILES string of the molecule is C=CCn1c(=NC(=O)Cc2ccc(OC)cc2)sc2cc(F)ccc21. The van der Waals surface area contributed by atoms with E-state index in [1.807, 2.05) is 28.8 Å². The lowest BCUT2D eigenvalue weighted by atomic mass is 10.1. The maximum atomic E-state index is 13.4. The molecule has 0 saturated carbocycles. The van der Waals surface area contributed by atoms with Crippen LogP contribution < -0.4 is 9.54 Å². The van der Waals surface area contributed by atoms with Crippen LogP contribution in [-0.2, 0) is 17.8 Å². The third kappa shape index (κ3) is 3.85. The molecular weight excluding hydrogens is 339 g/mol. The highest BCUT2D eigenvalue weighted by Crippen LogP contribution is 2.19. The summed E-state index contributed by atoms with van der Waals surface area (Å²) in [6.45, 7) is 4.24. The molecule has 1 aromatic heterocycles. The summed E-state index contributed by atoms with van der Waals surface area (Å²) in [6, 6.07) is 11.8. The van der Waals surface area contributed by atoms with Gasteiger partial charge in [0.2, 0.25) is 0 Å². The lowest BCUT2D eigenvalue weighted by Gasteiger charge is -2.02. The summed E-state index contributed by atoms with van der Waals surface area (Å²) in [5.41, 5.74) is 1.69. The summed E-state index contributed by atoms with van der Waals surface area (Å²) in [6.07, 6.45) is 1.92. The number of allylic oxidation sites excluding steroid dienone is 1. The molecule has 0 aliphatic heterocycles. The van der Waals surface area contributed by atoms with Crippen molar-refractivity contribution < 1.29 is 13.9 Å². The number of hydrogen-bond donors (Lipinski definition) is 0.